The highest BCUT2D eigenvalue weighted by atomic mass is 32.1. The molecule has 0 radical (unpaired) electrons. The van der Waals surface area contributed by atoms with Gasteiger partial charge in [0.15, 0.2) is 5.13 Å². The first-order valence-electron chi connectivity index (χ1n) is 7.22. The van der Waals surface area contributed by atoms with Crippen molar-refractivity contribution >= 4 is 16.5 Å². The molecule has 1 aromatic heterocycles. The van der Waals surface area contributed by atoms with Crippen LogP contribution >= 0.6 is 11.3 Å². The summed E-state index contributed by atoms with van der Waals surface area (Å²) in [6.45, 7) is 9.66. The van der Waals surface area contributed by atoms with Crippen LogP contribution in [0.5, 0.6) is 0 Å². The topological polar surface area (TPSA) is 31.4 Å². The van der Waals surface area contributed by atoms with Crippen molar-refractivity contribution < 1.29 is 0 Å². The number of nitrogens with zero attached hydrogens (tertiary/aromatic N) is 3. The van der Waals surface area contributed by atoms with E-state index in [2.05, 4.69) is 48.0 Å². The molecule has 4 nitrogen and oxygen atoms in total. The molecule has 0 saturated heterocycles. The van der Waals surface area contributed by atoms with E-state index in [4.69, 9.17) is 0 Å². The number of rotatable bonds is 10. The highest BCUT2D eigenvalue weighted by molar-refractivity contribution is 7.15. The van der Waals surface area contributed by atoms with Gasteiger partial charge in [0.05, 0.1) is 0 Å². The van der Waals surface area contributed by atoms with Crippen molar-refractivity contribution in [2.45, 2.75) is 33.2 Å². The Morgan fingerprint density at radius 2 is 2.05 bits per heavy atom. The van der Waals surface area contributed by atoms with Gasteiger partial charge in [-0.1, -0.05) is 6.92 Å². The predicted octanol–water partition coefficient (Wildman–Crippen LogP) is 2.42. The third kappa shape index (κ3) is 6.36. The number of hydrogen-bond acceptors (Lipinski definition) is 5. The number of nitrogens with one attached hydrogen (secondary N) is 1. The molecule has 0 unspecified atom stereocenters. The molecule has 0 aliphatic rings. The van der Waals surface area contributed by atoms with E-state index in [0.717, 1.165) is 37.9 Å². The number of hydrogen-bond donors (Lipinski definition) is 1. The largest absolute Gasteiger partial charge is 0.348 e. The van der Waals surface area contributed by atoms with Crippen LogP contribution in [-0.2, 0) is 6.54 Å². The standard InChI is InChI=1S/C14H28N4S/c1-5-8-15-11-13-12-16-14(19-13)18(6-2)10-7-9-17(3)4/h12,15H,5-11H2,1-4H3. The predicted molar refractivity (Wildman–Crippen MR) is 85.2 cm³/mol. The first-order chi connectivity index (χ1) is 9.17. The van der Waals surface area contributed by atoms with Gasteiger partial charge in [-0.3, -0.25) is 0 Å². The minimum atomic E-state index is 0.945. The molecule has 1 aromatic rings. The van der Waals surface area contributed by atoms with Gasteiger partial charge in [-0.25, -0.2) is 4.98 Å². The maximum absolute atomic E-state index is 4.55. The molecule has 0 aromatic carbocycles. The average Bonchev–Trinajstić information content (AvgIpc) is 2.83. The van der Waals surface area contributed by atoms with Crippen molar-refractivity contribution in [2.75, 3.05) is 45.2 Å². The lowest BCUT2D eigenvalue weighted by Gasteiger charge is -2.20. The Balaban J connectivity index is 2.42. The average molecular weight is 284 g/mol. The first kappa shape index (κ1) is 16.4. The number of aromatic nitrogens is 1. The third-order valence-corrected chi connectivity index (χ3v) is 4.01. The van der Waals surface area contributed by atoms with Crippen molar-refractivity contribution in [1.29, 1.82) is 0 Å². The van der Waals surface area contributed by atoms with E-state index < -0.39 is 0 Å². The second kappa shape index (κ2) is 9.28. The van der Waals surface area contributed by atoms with Crippen molar-refractivity contribution in [3.63, 3.8) is 0 Å². The summed E-state index contributed by atoms with van der Waals surface area (Å²) in [5.41, 5.74) is 0. The van der Waals surface area contributed by atoms with Crippen LogP contribution in [0.3, 0.4) is 0 Å². The molecule has 0 amide bonds. The van der Waals surface area contributed by atoms with Gasteiger partial charge in [-0.2, -0.15) is 0 Å². The molecule has 1 rings (SSSR count). The fourth-order valence-electron chi connectivity index (χ4n) is 1.88. The Morgan fingerprint density at radius 1 is 1.26 bits per heavy atom. The number of anilines is 1. The monoisotopic (exact) mass is 284 g/mol. The minimum absolute atomic E-state index is 0.945. The molecule has 110 valence electrons. The lowest BCUT2D eigenvalue weighted by molar-refractivity contribution is 0.400. The van der Waals surface area contributed by atoms with E-state index in [1.807, 2.05) is 17.5 Å². The summed E-state index contributed by atoms with van der Waals surface area (Å²) < 4.78 is 0. The fourth-order valence-corrected chi connectivity index (χ4v) is 2.85. The maximum atomic E-state index is 4.55. The van der Waals surface area contributed by atoms with Crippen LogP contribution in [0.25, 0.3) is 0 Å². The highest BCUT2D eigenvalue weighted by Gasteiger charge is 2.09. The molecule has 0 aliphatic heterocycles. The third-order valence-electron chi connectivity index (χ3n) is 2.95. The van der Waals surface area contributed by atoms with Gasteiger partial charge in [-0.15, -0.1) is 11.3 Å². The number of thiazole rings is 1. The van der Waals surface area contributed by atoms with Crippen molar-refractivity contribution in [3.05, 3.63) is 11.1 Å². The van der Waals surface area contributed by atoms with Gasteiger partial charge in [0.25, 0.3) is 0 Å². The summed E-state index contributed by atoms with van der Waals surface area (Å²) in [6, 6.07) is 0. The zero-order chi connectivity index (χ0) is 14.1. The van der Waals surface area contributed by atoms with E-state index >= 15 is 0 Å². The Labute approximate surface area is 121 Å². The Bertz CT molecular complexity index is 338. The van der Waals surface area contributed by atoms with Gasteiger partial charge in [-0.05, 0) is 47.0 Å². The Kier molecular flexibility index (Phi) is 8.02. The molecule has 0 atom stereocenters. The van der Waals surface area contributed by atoms with Gasteiger partial charge < -0.3 is 15.1 Å². The molecule has 1 N–H and O–H groups in total. The highest BCUT2D eigenvalue weighted by Crippen LogP contribution is 2.22. The summed E-state index contributed by atoms with van der Waals surface area (Å²) in [5.74, 6) is 0. The molecule has 0 saturated carbocycles. The van der Waals surface area contributed by atoms with Crippen LogP contribution in [-0.4, -0.2) is 50.2 Å². The summed E-state index contributed by atoms with van der Waals surface area (Å²) >= 11 is 1.81. The van der Waals surface area contributed by atoms with Gasteiger partial charge in [0.2, 0.25) is 0 Å². The Morgan fingerprint density at radius 3 is 2.68 bits per heavy atom. The molecule has 0 bridgehead atoms. The molecular weight excluding hydrogens is 256 g/mol. The Hall–Kier alpha value is -0.650. The summed E-state index contributed by atoms with van der Waals surface area (Å²) in [4.78, 5) is 10.5. The lowest BCUT2D eigenvalue weighted by atomic mass is 10.4. The minimum Gasteiger partial charge on any atom is -0.348 e. The second-order valence-electron chi connectivity index (χ2n) is 5.02. The van der Waals surface area contributed by atoms with Crippen LogP contribution in [0.2, 0.25) is 0 Å². The van der Waals surface area contributed by atoms with Crippen LogP contribution in [0.4, 0.5) is 5.13 Å². The first-order valence-corrected chi connectivity index (χ1v) is 8.04. The van der Waals surface area contributed by atoms with Crippen molar-refractivity contribution in [3.8, 4) is 0 Å². The van der Waals surface area contributed by atoms with E-state index in [1.165, 1.54) is 17.7 Å². The van der Waals surface area contributed by atoms with Gasteiger partial charge in [0, 0.05) is 30.7 Å². The molecule has 19 heavy (non-hydrogen) atoms. The smallest absolute Gasteiger partial charge is 0.185 e. The fraction of sp³-hybridized carbons (Fsp3) is 0.786. The molecule has 0 aliphatic carbocycles. The maximum Gasteiger partial charge on any atom is 0.185 e. The van der Waals surface area contributed by atoms with Crippen molar-refractivity contribution in [2.24, 2.45) is 0 Å². The second-order valence-corrected chi connectivity index (χ2v) is 6.12. The SMILES string of the molecule is CCCNCc1cnc(N(CC)CCCN(C)C)s1. The van der Waals surface area contributed by atoms with E-state index in [-0.39, 0.29) is 0 Å². The lowest BCUT2D eigenvalue weighted by Crippen LogP contribution is -2.26. The zero-order valence-electron chi connectivity index (χ0n) is 12.8. The van der Waals surface area contributed by atoms with Crippen molar-refractivity contribution in [1.82, 2.24) is 15.2 Å². The van der Waals surface area contributed by atoms with Crippen LogP contribution in [0, 0.1) is 0 Å². The van der Waals surface area contributed by atoms with Crippen LogP contribution < -0.4 is 10.2 Å². The molecule has 0 spiro atoms. The van der Waals surface area contributed by atoms with Crippen LogP contribution in [0.1, 0.15) is 31.6 Å². The molecule has 0 fully saturated rings. The summed E-state index contributed by atoms with van der Waals surface area (Å²) in [7, 11) is 4.24. The zero-order valence-corrected chi connectivity index (χ0v) is 13.6. The normalized spacial score (nSPS) is 11.2. The van der Waals surface area contributed by atoms with Gasteiger partial charge >= 0.3 is 0 Å². The van der Waals surface area contributed by atoms with E-state index in [9.17, 15) is 0 Å². The summed E-state index contributed by atoms with van der Waals surface area (Å²) in [6.07, 6.45) is 4.37. The summed E-state index contributed by atoms with van der Waals surface area (Å²) in [5, 5.41) is 4.59. The van der Waals surface area contributed by atoms with E-state index in [1.54, 1.807) is 0 Å². The quantitative estimate of drug-likeness (QED) is 0.669. The molecule has 1 heterocycles. The van der Waals surface area contributed by atoms with E-state index in [0.29, 0.717) is 0 Å². The molecule has 5 heteroatoms. The molecular formula is C14H28N4S. The van der Waals surface area contributed by atoms with Gasteiger partial charge in [0.1, 0.15) is 0 Å². The van der Waals surface area contributed by atoms with Crippen LogP contribution in [0.15, 0.2) is 6.20 Å².